The maximum atomic E-state index is 11.5. The van der Waals surface area contributed by atoms with E-state index in [1.54, 1.807) is 18.6 Å². The third kappa shape index (κ3) is 2.78. The first-order valence-electron chi connectivity index (χ1n) is 4.58. The summed E-state index contributed by atoms with van der Waals surface area (Å²) in [5, 5.41) is 3.07. The molecule has 0 aliphatic carbocycles. The van der Waals surface area contributed by atoms with Gasteiger partial charge in [-0.05, 0) is 13.5 Å². The quantitative estimate of drug-likeness (QED) is 0.752. The molecule has 0 saturated carbocycles. The minimum atomic E-state index is -0.368. The minimum absolute atomic E-state index is 0.237. The minimum Gasteiger partial charge on any atom is -0.465 e. The van der Waals surface area contributed by atoms with Gasteiger partial charge in [-0.3, -0.25) is 4.98 Å². The molecule has 0 fully saturated rings. The van der Waals surface area contributed by atoms with Gasteiger partial charge in [0.15, 0.2) is 0 Å². The number of nitrogens with zero attached hydrogens (tertiary/aromatic N) is 1. The van der Waals surface area contributed by atoms with Crippen LogP contribution in [0.1, 0.15) is 24.8 Å². The average Bonchev–Trinajstić information content (AvgIpc) is 2.67. The van der Waals surface area contributed by atoms with E-state index in [1.165, 1.54) is 11.3 Å². The van der Waals surface area contributed by atoms with Crippen LogP contribution in [0.2, 0.25) is 0 Å². The zero-order valence-corrected chi connectivity index (χ0v) is 9.13. The van der Waals surface area contributed by atoms with Crippen molar-refractivity contribution in [2.45, 2.75) is 19.9 Å². The number of esters is 1. The van der Waals surface area contributed by atoms with E-state index in [9.17, 15) is 4.79 Å². The van der Waals surface area contributed by atoms with Gasteiger partial charge in [-0.2, -0.15) is 0 Å². The fourth-order valence-electron chi connectivity index (χ4n) is 1.10. The van der Waals surface area contributed by atoms with Crippen molar-refractivity contribution in [3.05, 3.63) is 16.6 Å². The van der Waals surface area contributed by atoms with Crippen molar-refractivity contribution < 1.29 is 9.53 Å². The Kier molecular flexibility index (Phi) is 4.55. The highest BCUT2D eigenvalue weighted by Crippen LogP contribution is 2.18. The van der Waals surface area contributed by atoms with Crippen LogP contribution in [-0.2, 0) is 9.53 Å². The fourth-order valence-corrected chi connectivity index (χ4v) is 1.78. The van der Waals surface area contributed by atoms with E-state index < -0.39 is 0 Å². The lowest BCUT2D eigenvalue weighted by atomic mass is 10.2. The molecule has 0 spiro atoms. The Labute approximate surface area is 87.3 Å². The van der Waals surface area contributed by atoms with Crippen molar-refractivity contribution in [2.24, 2.45) is 0 Å². The van der Waals surface area contributed by atoms with Crippen molar-refractivity contribution in [3.63, 3.8) is 0 Å². The standard InChI is InChI=1S/C9H14N2O2S/c1-3-11-8(9(12)13-4-2)7-5-10-6-14-7/h5-6,8,11H,3-4H2,1-2H3. The first kappa shape index (κ1) is 11.1. The van der Waals surface area contributed by atoms with E-state index in [0.29, 0.717) is 6.61 Å². The third-order valence-corrected chi connectivity index (χ3v) is 2.51. The highest BCUT2D eigenvalue weighted by molar-refractivity contribution is 7.09. The summed E-state index contributed by atoms with van der Waals surface area (Å²) in [6.07, 6.45) is 1.69. The zero-order chi connectivity index (χ0) is 10.4. The summed E-state index contributed by atoms with van der Waals surface area (Å²) in [7, 11) is 0. The maximum absolute atomic E-state index is 11.5. The highest BCUT2D eigenvalue weighted by atomic mass is 32.1. The second-order valence-electron chi connectivity index (χ2n) is 2.65. The number of carbonyl (C=O) groups excluding carboxylic acids is 1. The smallest absolute Gasteiger partial charge is 0.328 e. The molecule has 0 saturated heterocycles. The number of thiazole rings is 1. The summed E-state index contributed by atoms with van der Waals surface area (Å²) in [6, 6.07) is -0.368. The van der Waals surface area contributed by atoms with Crippen molar-refractivity contribution in [3.8, 4) is 0 Å². The number of rotatable bonds is 5. The first-order valence-corrected chi connectivity index (χ1v) is 5.46. The summed E-state index contributed by atoms with van der Waals surface area (Å²) >= 11 is 1.45. The Morgan fingerprint density at radius 3 is 3.00 bits per heavy atom. The second kappa shape index (κ2) is 5.72. The molecule has 0 aliphatic rings. The number of likely N-dealkylation sites (N-methyl/N-ethyl adjacent to an activating group) is 1. The summed E-state index contributed by atoms with van der Waals surface area (Å²) in [5.74, 6) is -0.237. The molecule has 1 aromatic heterocycles. The number of ether oxygens (including phenoxy) is 1. The number of nitrogens with one attached hydrogen (secondary N) is 1. The molecule has 1 unspecified atom stereocenters. The van der Waals surface area contributed by atoms with Crippen LogP contribution in [0.4, 0.5) is 0 Å². The molecule has 0 bridgehead atoms. The largest absolute Gasteiger partial charge is 0.465 e. The zero-order valence-electron chi connectivity index (χ0n) is 8.32. The van der Waals surface area contributed by atoms with Crippen molar-refractivity contribution in [2.75, 3.05) is 13.2 Å². The summed E-state index contributed by atoms with van der Waals surface area (Å²) in [4.78, 5) is 16.4. The fraction of sp³-hybridized carbons (Fsp3) is 0.556. The summed E-state index contributed by atoms with van der Waals surface area (Å²) < 4.78 is 4.96. The van der Waals surface area contributed by atoms with Crippen LogP contribution >= 0.6 is 11.3 Å². The van der Waals surface area contributed by atoms with E-state index in [2.05, 4.69) is 10.3 Å². The van der Waals surface area contributed by atoms with Gasteiger partial charge in [0.25, 0.3) is 0 Å². The Balaban J connectivity index is 2.69. The van der Waals surface area contributed by atoms with E-state index in [-0.39, 0.29) is 12.0 Å². The number of carbonyl (C=O) groups is 1. The molecule has 1 atom stereocenters. The Hall–Kier alpha value is -0.940. The van der Waals surface area contributed by atoms with Crippen LogP contribution in [0.3, 0.4) is 0 Å². The topological polar surface area (TPSA) is 51.2 Å². The van der Waals surface area contributed by atoms with Gasteiger partial charge in [0.05, 0.1) is 17.0 Å². The van der Waals surface area contributed by atoms with Crippen LogP contribution in [-0.4, -0.2) is 24.1 Å². The predicted molar refractivity (Wildman–Crippen MR) is 55.2 cm³/mol. The van der Waals surface area contributed by atoms with Gasteiger partial charge < -0.3 is 10.1 Å². The highest BCUT2D eigenvalue weighted by Gasteiger charge is 2.21. The second-order valence-corrected chi connectivity index (χ2v) is 3.56. The summed E-state index contributed by atoms with van der Waals surface area (Å²) in [6.45, 7) is 4.88. The van der Waals surface area contributed by atoms with Gasteiger partial charge in [-0.25, -0.2) is 4.79 Å². The van der Waals surface area contributed by atoms with Gasteiger partial charge >= 0.3 is 5.97 Å². The third-order valence-electron chi connectivity index (χ3n) is 1.67. The van der Waals surface area contributed by atoms with Gasteiger partial charge in [-0.15, -0.1) is 11.3 Å². The van der Waals surface area contributed by atoms with Crippen LogP contribution in [0.15, 0.2) is 11.7 Å². The van der Waals surface area contributed by atoms with E-state index in [4.69, 9.17) is 4.74 Å². The monoisotopic (exact) mass is 214 g/mol. The van der Waals surface area contributed by atoms with Gasteiger partial charge in [0.1, 0.15) is 6.04 Å². The molecule has 1 N–H and O–H groups in total. The lowest BCUT2D eigenvalue weighted by molar-refractivity contribution is -0.145. The average molecular weight is 214 g/mol. The molecule has 0 aliphatic heterocycles. The van der Waals surface area contributed by atoms with Crippen LogP contribution in [0.5, 0.6) is 0 Å². The van der Waals surface area contributed by atoms with Crippen molar-refractivity contribution in [1.29, 1.82) is 0 Å². The van der Waals surface area contributed by atoms with Gasteiger partial charge in [0, 0.05) is 6.20 Å². The van der Waals surface area contributed by atoms with Gasteiger partial charge in [-0.1, -0.05) is 6.92 Å². The Morgan fingerprint density at radius 1 is 1.71 bits per heavy atom. The first-order chi connectivity index (χ1) is 6.79. The normalized spacial score (nSPS) is 12.4. The predicted octanol–water partition coefficient (Wildman–Crippen LogP) is 1.36. The summed E-state index contributed by atoms with van der Waals surface area (Å²) in [5.41, 5.74) is 1.71. The number of hydrogen-bond donors (Lipinski definition) is 1. The molecule has 78 valence electrons. The van der Waals surface area contributed by atoms with E-state index in [1.807, 2.05) is 6.92 Å². The van der Waals surface area contributed by atoms with Crippen molar-refractivity contribution in [1.82, 2.24) is 10.3 Å². The molecule has 0 amide bonds. The molecule has 4 nitrogen and oxygen atoms in total. The molecular formula is C9H14N2O2S. The lowest BCUT2D eigenvalue weighted by Gasteiger charge is -2.13. The van der Waals surface area contributed by atoms with Crippen LogP contribution in [0.25, 0.3) is 0 Å². The molecule has 1 heterocycles. The molecule has 1 aromatic rings. The molecule has 0 aromatic carbocycles. The molecule has 5 heteroatoms. The number of aromatic nitrogens is 1. The molecule has 1 rings (SSSR count). The van der Waals surface area contributed by atoms with Crippen LogP contribution < -0.4 is 5.32 Å². The lowest BCUT2D eigenvalue weighted by Crippen LogP contribution is -2.29. The van der Waals surface area contributed by atoms with Crippen molar-refractivity contribution >= 4 is 17.3 Å². The van der Waals surface area contributed by atoms with Crippen LogP contribution in [0, 0.1) is 0 Å². The maximum Gasteiger partial charge on any atom is 0.328 e. The molecule has 14 heavy (non-hydrogen) atoms. The Bertz CT molecular complexity index is 274. The Morgan fingerprint density at radius 2 is 2.50 bits per heavy atom. The van der Waals surface area contributed by atoms with E-state index in [0.717, 1.165) is 11.4 Å². The molecular weight excluding hydrogens is 200 g/mol. The van der Waals surface area contributed by atoms with Gasteiger partial charge in [0.2, 0.25) is 0 Å². The van der Waals surface area contributed by atoms with E-state index >= 15 is 0 Å². The molecule has 0 radical (unpaired) electrons. The SMILES string of the molecule is CCNC(C(=O)OCC)c1cncs1. The number of hydrogen-bond acceptors (Lipinski definition) is 5.